The highest BCUT2D eigenvalue weighted by Gasteiger charge is 2.09. The van der Waals surface area contributed by atoms with Crippen LogP contribution in [0.1, 0.15) is 13.3 Å². The molecule has 0 aliphatic rings. The fraction of sp³-hybridized carbons (Fsp3) is 0.750. The van der Waals surface area contributed by atoms with Crippen molar-refractivity contribution >= 4 is 11.9 Å². The number of hydrogen-bond acceptors (Lipinski definition) is 4. The minimum atomic E-state index is -0.453. The molecule has 1 amide bonds. The van der Waals surface area contributed by atoms with E-state index in [0.29, 0.717) is 6.42 Å². The summed E-state index contributed by atoms with van der Waals surface area (Å²) in [7, 11) is 1.52. The first kappa shape index (κ1) is 11.9. The van der Waals surface area contributed by atoms with Crippen molar-refractivity contribution in [2.45, 2.75) is 13.3 Å². The third kappa shape index (κ3) is 6.10. The number of aliphatic hydroxyl groups excluding tert-OH is 1. The lowest BCUT2D eigenvalue weighted by Crippen LogP contribution is -2.31. The number of likely N-dealkylation sites (N-methyl/N-ethyl adjacent to an activating group) is 1. The van der Waals surface area contributed by atoms with E-state index in [4.69, 9.17) is 9.84 Å². The van der Waals surface area contributed by atoms with E-state index in [0.717, 1.165) is 0 Å². The highest BCUT2D eigenvalue weighted by atomic mass is 16.5. The molecule has 0 radical (unpaired) electrons. The summed E-state index contributed by atoms with van der Waals surface area (Å²) in [4.78, 5) is 22.9. The molecule has 5 heteroatoms. The van der Waals surface area contributed by atoms with Gasteiger partial charge in [0.15, 0.2) is 0 Å². The number of carbonyl (C=O) groups is 2. The molecule has 0 unspecified atom stereocenters. The lowest BCUT2D eigenvalue weighted by atomic mass is 10.5. The van der Waals surface area contributed by atoms with E-state index in [9.17, 15) is 9.59 Å². The van der Waals surface area contributed by atoms with Crippen LogP contribution in [0.4, 0.5) is 0 Å². The Morgan fingerprint density at radius 2 is 2.08 bits per heavy atom. The van der Waals surface area contributed by atoms with Gasteiger partial charge in [0, 0.05) is 27.0 Å². The third-order valence-electron chi connectivity index (χ3n) is 1.47. The van der Waals surface area contributed by atoms with Gasteiger partial charge < -0.3 is 14.7 Å². The second-order valence-corrected chi connectivity index (χ2v) is 2.67. The molecule has 0 aliphatic heterocycles. The predicted octanol–water partition coefficient (Wildman–Crippen LogP) is -0.610. The zero-order valence-electron chi connectivity index (χ0n) is 7.95. The maximum Gasteiger partial charge on any atom is 0.325 e. The summed E-state index contributed by atoms with van der Waals surface area (Å²) in [6, 6.07) is 0. The first-order chi connectivity index (χ1) is 6.07. The second kappa shape index (κ2) is 6.42. The van der Waals surface area contributed by atoms with Gasteiger partial charge in [0.25, 0.3) is 0 Å². The Hall–Kier alpha value is -1.10. The van der Waals surface area contributed by atoms with Crippen LogP contribution in [-0.2, 0) is 14.3 Å². The molecule has 1 N–H and O–H groups in total. The van der Waals surface area contributed by atoms with Gasteiger partial charge in [-0.3, -0.25) is 9.59 Å². The summed E-state index contributed by atoms with van der Waals surface area (Å²) in [5, 5.41) is 8.39. The number of nitrogens with zero attached hydrogens (tertiary/aromatic N) is 1. The zero-order valence-corrected chi connectivity index (χ0v) is 7.95. The van der Waals surface area contributed by atoms with E-state index in [-0.39, 0.29) is 25.7 Å². The van der Waals surface area contributed by atoms with Crippen molar-refractivity contribution in [3.63, 3.8) is 0 Å². The Morgan fingerprint density at radius 1 is 1.46 bits per heavy atom. The molecule has 0 fully saturated rings. The molecule has 5 nitrogen and oxygen atoms in total. The van der Waals surface area contributed by atoms with Crippen LogP contribution in [0.25, 0.3) is 0 Å². The van der Waals surface area contributed by atoms with E-state index >= 15 is 0 Å². The molecule has 76 valence electrons. The smallest absolute Gasteiger partial charge is 0.325 e. The number of esters is 1. The third-order valence-corrected chi connectivity index (χ3v) is 1.47. The van der Waals surface area contributed by atoms with Gasteiger partial charge in [0.1, 0.15) is 6.54 Å². The molecule has 0 saturated carbocycles. The summed E-state index contributed by atoms with van der Waals surface area (Å²) in [5.74, 6) is -0.634. The van der Waals surface area contributed by atoms with Gasteiger partial charge >= 0.3 is 5.97 Å². The van der Waals surface area contributed by atoms with Crippen molar-refractivity contribution in [3.8, 4) is 0 Å². The van der Waals surface area contributed by atoms with Crippen molar-refractivity contribution in [3.05, 3.63) is 0 Å². The molecule has 0 bridgehead atoms. The highest BCUT2D eigenvalue weighted by Crippen LogP contribution is 1.88. The number of aliphatic hydroxyl groups is 1. The van der Waals surface area contributed by atoms with Crippen LogP contribution in [-0.4, -0.2) is 48.7 Å². The average Bonchev–Trinajstić information content (AvgIpc) is 2.04. The summed E-state index contributed by atoms with van der Waals surface area (Å²) in [5.41, 5.74) is 0. The van der Waals surface area contributed by atoms with Gasteiger partial charge in [0.2, 0.25) is 5.91 Å². The fourth-order valence-corrected chi connectivity index (χ4v) is 0.601. The molecular formula is C8H15NO4. The van der Waals surface area contributed by atoms with Crippen LogP contribution in [0.3, 0.4) is 0 Å². The van der Waals surface area contributed by atoms with Crippen LogP contribution < -0.4 is 0 Å². The Bertz CT molecular complexity index is 181. The van der Waals surface area contributed by atoms with Gasteiger partial charge in [-0.2, -0.15) is 0 Å². The first-order valence-electron chi connectivity index (χ1n) is 4.06. The molecular weight excluding hydrogens is 174 g/mol. The van der Waals surface area contributed by atoms with Crippen LogP contribution in [0.2, 0.25) is 0 Å². The molecule has 0 heterocycles. The number of rotatable bonds is 5. The number of carbonyl (C=O) groups excluding carboxylic acids is 2. The Kier molecular flexibility index (Phi) is 5.88. The molecule has 0 aliphatic carbocycles. The van der Waals surface area contributed by atoms with E-state index in [1.165, 1.54) is 18.9 Å². The molecule has 0 aromatic heterocycles. The monoisotopic (exact) mass is 189 g/mol. The molecule has 0 spiro atoms. The van der Waals surface area contributed by atoms with Gasteiger partial charge in [-0.15, -0.1) is 0 Å². The van der Waals surface area contributed by atoms with Gasteiger partial charge in [0.05, 0.1) is 6.61 Å². The van der Waals surface area contributed by atoms with Crippen molar-refractivity contribution in [2.24, 2.45) is 0 Å². The lowest BCUT2D eigenvalue weighted by Gasteiger charge is -2.13. The molecule has 0 aromatic rings. The van der Waals surface area contributed by atoms with E-state index in [1.807, 2.05) is 0 Å². The van der Waals surface area contributed by atoms with Crippen molar-refractivity contribution in [1.29, 1.82) is 0 Å². The minimum absolute atomic E-state index is 0.00414. The second-order valence-electron chi connectivity index (χ2n) is 2.67. The van der Waals surface area contributed by atoms with Crippen molar-refractivity contribution < 1.29 is 19.4 Å². The quantitative estimate of drug-likeness (QED) is 0.463. The highest BCUT2D eigenvalue weighted by molar-refractivity contribution is 5.80. The summed E-state index contributed by atoms with van der Waals surface area (Å²) < 4.78 is 4.71. The Labute approximate surface area is 77.3 Å². The standard InChI is InChI=1S/C8H15NO4/c1-7(11)9(2)6-8(12)13-5-3-4-10/h10H,3-6H2,1-2H3. The Balaban J connectivity index is 3.56. The van der Waals surface area contributed by atoms with E-state index in [2.05, 4.69) is 0 Å². The van der Waals surface area contributed by atoms with Crippen LogP contribution >= 0.6 is 0 Å². The molecule has 0 rings (SSSR count). The van der Waals surface area contributed by atoms with Crippen LogP contribution in [0, 0.1) is 0 Å². The fourth-order valence-electron chi connectivity index (χ4n) is 0.601. The SMILES string of the molecule is CC(=O)N(C)CC(=O)OCCCO. The van der Waals surface area contributed by atoms with Gasteiger partial charge in [-0.25, -0.2) is 0 Å². The minimum Gasteiger partial charge on any atom is -0.464 e. The van der Waals surface area contributed by atoms with E-state index < -0.39 is 5.97 Å². The normalized spacial score (nSPS) is 9.46. The Morgan fingerprint density at radius 3 is 2.54 bits per heavy atom. The number of ether oxygens (including phenoxy) is 1. The average molecular weight is 189 g/mol. The molecule has 0 aromatic carbocycles. The maximum atomic E-state index is 10.9. The lowest BCUT2D eigenvalue weighted by molar-refractivity contribution is -0.148. The summed E-state index contributed by atoms with van der Waals surface area (Å²) in [6.45, 7) is 1.53. The zero-order chi connectivity index (χ0) is 10.3. The van der Waals surface area contributed by atoms with Gasteiger partial charge in [-0.05, 0) is 0 Å². The number of hydrogen-bond donors (Lipinski definition) is 1. The predicted molar refractivity (Wildman–Crippen MR) is 46.0 cm³/mol. The van der Waals surface area contributed by atoms with Crippen molar-refractivity contribution in [2.75, 3.05) is 26.8 Å². The topological polar surface area (TPSA) is 66.8 Å². The van der Waals surface area contributed by atoms with Crippen molar-refractivity contribution in [1.82, 2.24) is 4.90 Å². The largest absolute Gasteiger partial charge is 0.464 e. The van der Waals surface area contributed by atoms with E-state index in [1.54, 1.807) is 0 Å². The summed E-state index contributed by atoms with van der Waals surface area (Å²) >= 11 is 0. The van der Waals surface area contributed by atoms with Gasteiger partial charge in [-0.1, -0.05) is 0 Å². The molecule has 0 atom stereocenters. The molecule has 0 saturated heterocycles. The maximum absolute atomic E-state index is 10.9. The van der Waals surface area contributed by atoms with Crippen LogP contribution in [0.5, 0.6) is 0 Å². The number of amides is 1. The molecule has 13 heavy (non-hydrogen) atoms. The first-order valence-corrected chi connectivity index (χ1v) is 4.06. The van der Waals surface area contributed by atoms with Crippen LogP contribution in [0.15, 0.2) is 0 Å². The summed E-state index contributed by atoms with van der Waals surface area (Å²) in [6.07, 6.45) is 0.426.